The van der Waals surface area contributed by atoms with Gasteiger partial charge in [0.05, 0.1) is 25.7 Å². The van der Waals surface area contributed by atoms with E-state index in [1.807, 2.05) is 43.3 Å². The molecule has 2 aromatic carbocycles. The zero-order valence-electron chi connectivity index (χ0n) is 20.4. The second-order valence-corrected chi connectivity index (χ2v) is 8.86. The molecule has 1 unspecified atom stereocenters. The van der Waals surface area contributed by atoms with Gasteiger partial charge in [-0.1, -0.05) is 36.4 Å². The van der Waals surface area contributed by atoms with Crippen molar-refractivity contribution in [3.8, 4) is 17.3 Å². The van der Waals surface area contributed by atoms with E-state index in [1.165, 1.54) is 11.9 Å². The van der Waals surface area contributed by atoms with Gasteiger partial charge in [-0.15, -0.1) is 0 Å². The lowest BCUT2D eigenvalue weighted by molar-refractivity contribution is -0.116. The molecule has 10 nitrogen and oxygen atoms in total. The molecule has 1 amide bonds. The fraction of sp³-hybridized carbons (Fsp3) is 0.222. The first-order valence-electron chi connectivity index (χ1n) is 12.0. The van der Waals surface area contributed by atoms with Crippen LogP contribution in [0.3, 0.4) is 0 Å². The van der Waals surface area contributed by atoms with Crippen LogP contribution in [-0.2, 0) is 11.2 Å². The van der Waals surface area contributed by atoms with Gasteiger partial charge in [0.15, 0.2) is 23.0 Å². The second-order valence-electron chi connectivity index (χ2n) is 8.86. The van der Waals surface area contributed by atoms with Gasteiger partial charge in [0.25, 0.3) is 0 Å². The van der Waals surface area contributed by atoms with Crippen molar-refractivity contribution in [2.45, 2.75) is 25.7 Å². The summed E-state index contributed by atoms with van der Waals surface area (Å²) < 4.78 is 13.4. The number of aryl methyl sites for hydroxylation is 1. The Bertz CT molecular complexity index is 1590. The van der Waals surface area contributed by atoms with E-state index in [2.05, 4.69) is 37.4 Å². The molecule has 6 rings (SSSR count). The number of aromatic amines is 1. The molecular weight excluding hydrogens is 470 g/mol. The van der Waals surface area contributed by atoms with Gasteiger partial charge in [-0.05, 0) is 30.2 Å². The van der Waals surface area contributed by atoms with Crippen LogP contribution in [0.5, 0.6) is 11.5 Å². The number of amides is 1. The summed E-state index contributed by atoms with van der Waals surface area (Å²) >= 11 is 0. The van der Waals surface area contributed by atoms with E-state index in [1.54, 1.807) is 18.1 Å². The molecule has 4 heterocycles. The highest BCUT2D eigenvalue weighted by Crippen LogP contribution is 2.42. The summed E-state index contributed by atoms with van der Waals surface area (Å²) in [6.45, 7) is 2.46. The maximum absolute atomic E-state index is 12.9. The van der Waals surface area contributed by atoms with Gasteiger partial charge >= 0.3 is 0 Å². The Balaban J connectivity index is 1.33. The monoisotopic (exact) mass is 495 g/mol. The van der Waals surface area contributed by atoms with E-state index in [0.717, 1.165) is 23.2 Å². The molecule has 10 heteroatoms. The zero-order valence-corrected chi connectivity index (χ0v) is 20.4. The third kappa shape index (κ3) is 4.16. The number of hydrogen-bond donors (Lipinski definition) is 2. The van der Waals surface area contributed by atoms with Crippen LogP contribution < -0.4 is 14.8 Å². The van der Waals surface area contributed by atoms with Crippen molar-refractivity contribution >= 4 is 22.9 Å². The highest BCUT2D eigenvalue weighted by Gasteiger charge is 2.34. The van der Waals surface area contributed by atoms with E-state index in [0.29, 0.717) is 47.3 Å². The summed E-state index contributed by atoms with van der Waals surface area (Å²) in [5.41, 5.74) is 5.06. The first-order chi connectivity index (χ1) is 18.1. The summed E-state index contributed by atoms with van der Waals surface area (Å²) in [5.74, 6) is 2.10. The SMILES string of the molecule is COc1cc(C2CC(=O)Nc3c2c(C)nn3-c2ncnc3nc[nH]c23)ccc1OCCc1ccccc1. The van der Waals surface area contributed by atoms with Crippen LogP contribution in [0.15, 0.2) is 61.2 Å². The summed E-state index contributed by atoms with van der Waals surface area (Å²) in [7, 11) is 1.62. The molecule has 0 radical (unpaired) electrons. The van der Waals surface area contributed by atoms with Crippen molar-refractivity contribution in [3.05, 3.63) is 83.6 Å². The van der Waals surface area contributed by atoms with Gasteiger partial charge in [-0.25, -0.2) is 15.0 Å². The quantitative estimate of drug-likeness (QED) is 0.351. The predicted octanol–water partition coefficient (Wildman–Crippen LogP) is 3.95. The lowest BCUT2D eigenvalue weighted by Gasteiger charge is -2.25. The Morgan fingerprint density at radius 3 is 2.78 bits per heavy atom. The number of fused-ring (bicyclic) bond motifs is 2. The van der Waals surface area contributed by atoms with Crippen molar-refractivity contribution in [2.75, 3.05) is 19.0 Å². The maximum atomic E-state index is 12.9. The van der Waals surface area contributed by atoms with Crippen molar-refractivity contribution < 1.29 is 14.3 Å². The molecule has 1 aliphatic heterocycles. The topological polar surface area (TPSA) is 120 Å². The van der Waals surface area contributed by atoms with E-state index >= 15 is 0 Å². The fourth-order valence-electron chi connectivity index (χ4n) is 4.84. The number of H-pyrrole nitrogens is 1. The van der Waals surface area contributed by atoms with Gasteiger partial charge in [0.2, 0.25) is 5.91 Å². The number of methoxy groups -OCH3 is 1. The molecule has 0 fully saturated rings. The number of carbonyl (C=O) groups excluding carboxylic acids is 1. The van der Waals surface area contributed by atoms with Gasteiger partial charge in [-0.2, -0.15) is 9.78 Å². The first-order valence-corrected chi connectivity index (χ1v) is 12.0. The minimum Gasteiger partial charge on any atom is -0.493 e. The van der Waals surface area contributed by atoms with Crippen molar-refractivity contribution in [1.82, 2.24) is 29.7 Å². The smallest absolute Gasteiger partial charge is 0.226 e. The highest BCUT2D eigenvalue weighted by atomic mass is 16.5. The molecule has 5 aromatic rings. The molecule has 1 aliphatic rings. The molecule has 3 aromatic heterocycles. The number of nitrogens with one attached hydrogen (secondary N) is 2. The Hall–Kier alpha value is -4.73. The number of ether oxygens (including phenoxy) is 2. The maximum Gasteiger partial charge on any atom is 0.226 e. The molecule has 37 heavy (non-hydrogen) atoms. The molecule has 0 spiro atoms. The number of aromatic nitrogens is 6. The lowest BCUT2D eigenvalue weighted by Crippen LogP contribution is -2.25. The molecule has 0 bridgehead atoms. The second kappa shape index (κ2) is 9.38. The Morgan fingerprint density at radius 1 is 1.08 bits per heavy atom. The Morgan fingerprint density at radius 2 is 1.95 bits per heavy atom. The molecule has 0 saturated heterocycles. The Labute approximate surface area is 212 Å². The Kier molecular flexibility index (Phi) is 5.76. The number of benzene rings is 2. The van der Waals surface area contributed by atoms with Gasteiger partial charge in [-0.3, -0.25) is 4.79 Å². The third-order valence-corrected chi connectivity index (χ3v) is 6.59. The van der Waals surface area contributed by atoms with Gasteiger partial charge < -0.3 is 19.8 Å². The van der Waals surface area contributed by atoms with Crippen molar-refractivity contribution in [2.24, 2.45) is 0 Å². The number of nitrogens with zero attached hydrogens (tertiary/aromatic N) is 5. The van der Waals surface area contributed by atoms with Crippen LogP contribution in [0, 0.1) is 6.92 Å². The molecule has 0 saturated carbocycles. The minimum atomic E-state index is -0.205. The number of hydrogen-bond acceptors (Lipinski definition) is 7. The van der Waals surface area contributed by atoms with Crippen LogP contribution in [0.1, 0.15) is 34.7 Å². The summed E-state index contributed by atoms with van der Waals surface area (Å²) in [4.78, 5) is 28.7. The van der Waals surface area contributed by atoms with E-state index in [4.69, 9.17) is 14.6 Å². The van der Waals surface area contributed by atoms with Crippen LogP contribution in [0.25, 0.3) is 17.0 Å². The van der Waals surface area contributed by atoms with Crippen LogP contribution in [-0.4, -0.2) is 49.3 Å². The normalized spacial score (nSPS) is 14.9. The molecular formula is C27H25N7O3. The standard InChI is InChI=1S/C27H25N7O3/c1-16-23-19(18-8-9-20(21(12-18)36-2)37-11-10-17-6-4-3-5-7-17)13-22(35)32-26(23)34(33-16)27-24-25(29-14-28-24)30-15-31-27/h3-9,12,14-15,19H,10-11,13H2,1-2H3,(H,32,35)(H,28,29,30,31). The average Bonchev–Trinajstić information content (AvgIpc) is 3.53. The number of carbonyl (C=O) groups is 1. The molecule has 186 valence electrons. The molecule has 2 N–H and O–H groups in total. The summed E-state index contributed by atoms with van der Waals surface area (Å²) in [6, 6.07) is 16.0. The first kappa shape index (κ1) is 22.7. The van der Waals surface area contributed by atoms with Gasteiger partial charge in [0, 0.05) is 24.3 Å². The number of anilines is 1. The van der Waals surface area contributed by atoms with Crippen LogP contribution >= 0.6 is 0 Å². The zero-order chi connectivity index (χ0) is 25.4. The molecule has 1 atom stereocenters. The third-order valence-electron chi connectivity index (χ3n) is 6.59. The van der Waals surface area contributed by atoms with Crippen LogP contribution in [0.2, 0.25) is 0 Å². The number of imidazole rings is 1. The lowest BCUT2D eigenvalue weighted by atomic mass is 9.85. The summed E-state index contributed by atoms with van der Waals surface area (Å²) in [5, 5.41) is 7.74. The van der Waals surface area contributed by atoms with Crippen molar-refractivity contribution in [1.29, 1.82) is 0 Å². The number of rotatable bonds is 7. The predicted molar refractivity (Wildman–Crippen MR) is 137 cm³/mol. The minimum absolute atomic E-state index is 0.101. The largest absolute Gasteiger partial charge is 0.493 e. The van der Waals surface area contributed by atoms with E-state index < -0.39 is 0 Å². The van der Waals surface area contributed by atoms with Crippen molar-refractivity contribution in [3.63, 3.8) is 0 Å². The van der Waals surface area contributed by atoms with Gasteiger partial charge in [0.1, 0.15) is 17.7 Å². The van der Waals surface area contributed by atoms with E-state index in [9.17, 15) is 4.79 Å². The van der Waals surface area contributed by atoms with Crippen LogP contribution in [0.4, 0.5) is 5.82 Å². The van der Waals surface area contributed by atoms with E-state index in [-0.39, 0.29) is 11.8 Å². The average molecular weight is 496 g/mol. The summed E-state index contributed by atoms with van der Waals surface area (Å²) in [6.07, 6.45) is 4.08. The highest BCUT2D eigenvalue weighted by molar-refractivity contribution is 5.95. The molecule has 0 aliphatic carbocycles. The fourth-order valence-corrected chi connectivity index (χ4v) is 4.84.